The smallest absolute Gasteiger partial charge is 0.0410 e. The minimum absolute atomic E-state index is 0.767. The lowest BCUT2D eigenvalue weighted by Gasteiger charge is -2.23. The highest BCUT2D eigenvalue weighted by Crippen LogP contribution is 2.33. The van der Waals surface area contributed by atoms with Gasteiger partial charge in [0.15, 0.2) is 0 Å². The molecule has 1 fully saturated rings. The Morgan fingerprint density at radius 2 is 2.17 bits per heavy atom. The zero-order chi connectivity index (χ0) is 12.8. The van der Waals surface area contributed by atoms with Crippen LogP contribution in [-0.2, 0) is 6.42 Å². The van der Waals surface area contributed by atoms with Crippen molar-refractivity contribution in [3.05, 3.63) is 28.5 Å². The summed E-state index contributed by atoms with van der Waals surface area (Å²) in [6, 6.07) is 2.21. The maximum Gasteiger partial charge on any atom is 0.0410 e. The Labute approximate surface area is 119 Å². The summed E-state index contributed by atoms with van der Waals surface area (Å²) in [4.78, 5) is 4.28. The van der Waals surface area contributed by atoms with Gasteiger partial charge in [-0.1, -0.05) is 32.6 Å². The van der Waals surface area contributed by atoms with E-state index < -0.39 is 0 Å². The number of pyridine rings is 1. The summed E-state index contributed by atoms with van der Waals surface area (Å²) in [5, 5.41) is 3.53. The number of hydrogen-bond donors (Lipinski definition) is 1. The Hall–Kier alpha value is -0.410. The standard InChI is InChI=1S/C15H23BrN2/c1-2-17-10-14(13-5-3-4-6-13)7-12-8-15(16)11-18-9-12/h8-9,11,13-14,17H,2-7,10H2,1H3. The van der Waals surface area contributed by atoms with Crippen LogP contribution in [0.4, 0.5) is 0 Å². The molecule has 0 aliphatic heterocycles. The molecular formula is C15H23BrN2. The van der Waals surface area contributed by atoms with Gasteiger partial charge in [0.05, 0.1) is 0 Å². The van der Waals surface area contributed by atoms with Crippen molar-refractivity contribution in [3.8, 4) is 0 Å². The molecule has 1 aliphatic rings. The number of rotatable bonds is 6. The predicted octanol–water partition coefficient (Wildman–Crippen LogP) is 3.80. The number of halogens is 1. The molecule has 2 rings (SSSR count). The van der Waals surface area contributed by atoms with Crippen molar-refractivity contribution in [2.24, 2.45) is 11.8 Å². The Morgan fingerprint density at radius 1 is 1.39 bits per heavy atom. The van der Waals surface area contributed by atoms with Crippen LogP contribution < -0.4 is 5.32 Å². The first kappa shape index (κ1) is 14.0. The molecule has 0 spiro atoms. The first-order chi connectivity index (χ1) is 8.79. The van der Waals surface area contributed by atoms with Gasteiger partial charge in [-0.25, -0.2) is 0 Å². The molecule has 1 unspecified atom stereocenters. The molecule has 100 valence electrons. The second kappa shape index (κ2) is 7.25. The lowest BCUT2D eigenvalue weighted by atomic mass is 9.86. The molecule has 0 radical (unpaired) electrons. The summed E-state index contributed by atoms with van der Waals surface area (Å²) < 4.78 is 1.09. The third-order valence-corrected chi connectivity index (χ3v) is 4.42. The largest absolute Gasteiger partial charge is 0.317 e. The molecule has 1 heterocycles. The lowest BCUT2D eigenvalue weighted by molar-refractivity contribution is 0.323. The third kappa shape index (κ3) is 4.06. The van der Waals surface area contributed by atoms with Crippen LogP contribution in [0.5, 0.6) is 0 Å². The summed E-state index contributed by atoms with van der Waals surface area (Å²) in [5.41, 5.74) is 1.36. The average Bonchev–Trinajstić information content (AvgIpc) is 2.88. The van der Waals surface area contributed by atoms with Gasteiger partial charge in [0, 0.05) is 16.9 Å². The molecule has 3 heteroatoms. The summed E-state index contributed by atoms with van der Waals surface area (Å²) in [6.45, 7) is 4.40. The predicted molar refractivity (Wildman–Crippen MR) is 79.6 cm³/mol. The quantitative estimate of drug-likeness (QED) is 0.864. The molecular weight excluding hydrogens is 288 g/mol. The van der Waals surface area contributed by atoms with Crippen LogP contribution in [0, 0.1) is 11.8 Å². The Bertz CT molecular complexity index is 361. The SMILES string of the molecule is CCNCC(Cc1cncc(Br)c1)C1CCCC1. The number of hydrogen-bond acceptors (Lipinski definition) is 2. The fourth-order valence-electron chi connectivity index (χ4n) is 3.03. The van der Waals surface area contributed by atoms with Gasteiger partial charge in [-0.3, -0.25) is 4.98 Å². The highest BCUT2D eigenvalue weighted by atomic mass is 79.9. The number of aromatic nitrogens is 1. The molecule has 18 heavy (non-hydrogen) atoms. The van der Waals surface area contributed by atoms with E-state index in [1.807, 2.05) is 12.4 Å². The van der Waals surface area contributed by atoms with E-state index in [9.17, 15) is 0 Å². The van der Waals surface area contributed by atoms with Crippen molar-refractivity contribution < 1.29 is 0 Å². The Kier molecular flexibility index (Phi) is 5.64. The minimum Gasteiger partial charge on any atom is -0.317 e. The van der Waals surface area contributed by atoms with Crippen molar-refractivity contribution in [1.29, 1.82) is 0 Å². The maximum atomic E-state index is 4.28. The van der Waals surface area contributed by atoms with Gasteiger partial charge in [0.25, 0.3) is 0 Å². The van der Waals surface area contributed by atoms with Crippen molar-refractivity contribution in [2.75, 3.05) is 13.1 Å². The van der Waals surface area contributed by atoms with E-state index in [0.29, 0.717) is 0 Å². The molecule has 1 atom stereocenters. The van der Waals surface area contributed by atoms with E-state index in [1.54, 1.807) is 0 Å². The van der Waals surface area contributed by atoms with Gasteiger partial charge in [-0.2, -0.15) is 0 Å². The fourth-order valence-corrected chi connectivity index (χ4v) is 3.45. The second-order valence-corrected chi connectivity index (χ2v) is 6.24. The van der Waals surface area contributed by atoms with Crippen molar-refractivity contribution in [2.45, 2.75) is 39.0 Å². The van der Waals surface area contributed by atoms with E-state index in [2.05, 4.69) is 39.2 Å². The molecule has 1 aliphatic carbocycles. The maximum absolute atomic E-state index is 4.28. The van der Waals surface area contributed by atoms with E-state index in [-0.39, 0.29) is 0 Å². The normalized spacial score (nSPS) is 18.1. The molecule has 0 bridgehead atoms. The van der Waals surface area contributed by atoms with E-state index in [1.165, 1.54) is 31.2 Å². The highest BCUT2D eigenvalue weighted by molar-refractivity contribution is 9.10. The van der Waals surface area contributed by atoms with Gasteiger partial charge in [0.2, 0.25) is 0 Å². The average molecular weight is 311 g/mol. The van der Waals surface area contributed by atoms with Gasteiger partial charge in [0.1, 0.15) is 0 Å². The molecule has 0 amide bonds. The van der Waals surface area contributed by atoms with E-state index >= 15 is 0 Å². The van der Waals surface area contributed by atoms with Crippen molar-refractivity contribution >= 4 is 15.9 Å². The number of nitrogens with zero attached hydrogens (tertiary/aromatic N) is 1. The number of nitrogens with one attached hydrogen (secondary N) is 1. The topological polar surface area (TPSA) is 24.9 Å². The van der Waals surface area contributed by atoms with Crippen LogP contribution in [0.2, 0.25) is 0 Å². The zero-order valence-electron chi connectivity index (χ0n) is 11.2. The Balaban J connectivity index is 1.99. The van der Waals surface area contributed by atoms with Crippen LogP contribution in [0.1, 0.15) is 38.2 Å². The van der Waals surface area contributed by atoms with Gasteiger partial charge >= 0.3 is 0 Å². The first-order valence-corrected chi connectivity index (χ1v) is 7.89. The molecule has 1 saturated carbocycles. The third-order valence-electron chi connectivity index (χ3n) is 3.98. The van der Waals surface area contributed by atoms with Crippen LogP contribution in [-0.4, -0.2) is 18.1 Å². The van der Waals surface area contributed by atoms with Crippen LogP contribution in [0.3, 0.4) is 0 Å². The monoisotopic (exact) mass is 310 g/mol. The molecule has 0 aromatic carbocycles. The van der Waals surface area contributed by atoms with Crippen molar-refractivity contribution in [1.82, 2.24) is 10.3 Å². The second-order valence-electron chi connectivity index (χ2n) is 5.33. The van der Waals surface area contributed by atoms with E-state index in [4.69, 9.17) is 0 Å². The molecule has 2 nitrogen and oxygen atoms in total. The van der Waals surface area contributed by atoms with Crippen LogP contribution in [0.15, 0.2) is 22.9 Å². The van der Waals surface area contributed by atoms with Gasteiger partial charge in [-0.05, 0) is 58.9 Å². The minimum atomic E-state index is 0.767. The fraction of sp³-hybridized carbons (Fsp3) is 0.667. The molecule has 1 N–H and O–H groups in total. The molecule has 1 aromatic heterocycles. The summed E-state index contributed by atoms with van der Waals surface area (Å²) in [5.74, 6) is 1.67. The molecule has 0 saturated heterocycles. The lowest BCUT2D eigenvalue weighted by Crippen LogP contribution is -2.28. The summed E-state index contributed by atoms with van der Waals surface area (Å²) >= 11 is 3.51. The van der Waals surface area contributed by atoms with Gasteiger partial charge in [-0.15, -0.1) is 0 Å². The highest BCUT2D eigenvalue weighted by Gasteiger charge is 2.24. The van der Waals surface area contributed by atoms with E-state index in [0.717, 1.165) is 35.8 Å². The zero-order valence-corrected chi connectivity index (χ0v) is 12.7. The van der Waals surface area contributed by atoms with Crippen LogP contribution in [0.25, 0.3) is 0 Å². The summed E-state index contributed by atoms with van der Waals surface area (Å²) in [6.07, 6.45) is 10.7. The van der Waals surface area contributed by atoms with Crippen molar-refractivity contribution in [3.63, 3.8) is 0 Å². The van der Waals surface area contributed by atoms with Gasteiger partial charge < -0.3 is 5.32 Å². The Morgan fingerprint density at radius 3 is 2.83 bits per heavy atom. The molecule has 1 aromatic rings. The summed E-state index contributed by atoms with van der Waals surface area (Å²) in [7, 11) is 0. The van der Waals surface area contributed by atoms with Crippen LogP contribution >= 0.6 is 15.9 Å². The first-order valence-electron chi connectivity index (χ1n) is 7.09.